The summed E-state index contributed by atoms with van der Waals surface area (Å²) in [6, 6.07) is 2.18. The summed E-state index contributed by atoms with van der Waals surface area (Å²) >= 11 is 0. The largest absolute Gasteiger partial charge is 0.464 e. The molecule has 1 fully saturated rings. The summed E-state index contributed by atoms with van der Waals surface area (Å²) in [5.74, 6) is 1.10. The van der Waals surface area contributed by atoms with Gasteiger partial charge in [0, 0.05) is 25.7 Å². The lowest BCUT2D eigenvalue weighted by molar-refractivity contribution is 0.452. The van der Waals surface area contributed by atoms with Crippen LogP contribution in [0.3, 0.4) is 0 Å². The Bertz CT molecular complexity index is 600. The molecule has 2 rings (SSSR count). The number of likely N-dealkylation sites (N-methyl/N-ethyl adjacent to an activating group) is 1. The minimum Gasteiger partial charge on any atom is -0.464 e. The molecule has 112 valence electrons. The van der Waals surface area contributed by atoms with E-state index in [0.717, 1.165) is 5.57 Å². The second-order valence-corrected chi connectivity index (χ2v) is 7.52. The molecule has 6 heteroatoms. The maximum absolute atomic E-state index is 12.5. The summed E-state index contributed by atoms with van der Waals surface area (Å²) in [7, 11) is -1.96. The highest BCUT2D eigenvalue weighted by molar-refractivity contribution is 7.89. The molecule has 0 radical (unpaired) electrons. The van der Waals surface area contributed by atoms with Crippen LogP contribution in [0.15, 0.2) is 27.5 Å². The van der Waals surface area contributed by atoms with Crippen molar-refractivity contribution in [3.8, 4) is 0 Å². The van der Waals surface area contributed by atoms with Crippen LogP contribution in [0.4, 0.5) is 0 Å². The van der Waals surface area contributed by atoms with Crippen LogP contribution in [-0.4, -0.2) is 32.4 Å². The first-order valence-electron chi connectivity index (χ1n) is 6.74. The lowest BCUT2D eigenvalue weighted by atomic mass is 10.4. The van der Waals surface area contributed by atoms with E-state index in [-0.39, 0.29) is 4.90 Å². The van der Waals surface area contributed by atoms with Gasteiger partial charge in [0.1, 0.15) is 16.4 Å². The van der Waals surface area contributed by atoms with Crippen molar-refractivity contribution in [1.29, 1.82) is 0 Å². The van der Waals surface area contributed by atoms with Gasteiger partial charge >= 0.3 is 0 Å². The maximum Gasteiger partial charge on any atom is 0.246 e. The molecule has 20 heavy (non-hydrogen) atoms. The van der Waals surface area contributed by atoms with E-state index >= 15 is 0 Å². The topological polar surface area (TPSA) is 62.6 Å². The Labute approximate surface area is 120 Å². The number of rotatable bonds is 7. The van der Waals surface area contributed by atoms with Crippen LogP contribution >= 0.6 is 0 Å². The van der Waals surface area contributed by atoms with Gasteiger partial charge in [0.15, 0.2) is 0 Å². The zero-order chi connectivity index (χ0) is 14.9. The molecule has 1 heterocycles. The van der Waals surface area contributed by atoms with Gasteiger partial charge in [-0.3, -0.25) is 0 Å². The first kappa shape index (κ1) is 15.3. The summed E-state index contributed by atoms with van der Waals surface area (Å²) in [6.45, 7) is 8.12. The highest BCUT2D eigenvalue weighted by Gasteiger charge is 2.27. The van der Waals surface area contributed by atoms with E-state index in [2.05, 4.69) is 11.9 Å². The second kappa shape index (κ2) is 5.71. The Morgan fingerprint density at radius 3 is 2.75 bits per heavy atom. The van der Waals surface area contributed by atoms with Gasteiger partial charge in [0.05, 0.1) is 6.54 Å². The van der Waals surface area contributed by atoms with Crippen molar-refractivity contribution in [3.63, 3.8) is 0 Å². The third kappa shape index (κ3) is 3.50. The van der Waals surface area contributed by atoms with E-state index in [1.165, 1.54) is 17.1 Å². The molecule has 0 aliphatic heterocycles. The fourth-order valence-corrected chi connectivity index (χ4v) is 3.44. The molecule has 0 unspecified atom stereocenters. The average molecular weight is 298 g/mol. The minimum atomic E-state index is -3.52. The van der Waals surface area contributed by atoms with E-state index in [0.29, 0.717) is 30.7 Å². The number of aryl methyl sites for hydroxylation is 1. The third-order valence-electron chi connectivity index (χ3n) is 3.25. The van der Waals surface area contributed by atoms with Crippen LogP contribution in [0.5, 0.6) is 0 Å². The Kier molecular flexibility index (Phi) is 4.36. The van der Waals surface area contributed by atoms with Crippen molar-refractivity contribution in [3.05, 3.63) is 29.7 Å². The summed E-state index contributed by atoms with van der Waals surface area (Å²) < 4.78 is 31.8. The predicted octanol–water partition coefficient (Wildman–Crippen LogP) is 2.04. The van der Waals surface area contributed by atoms with Crippen LogP contribution < -0.4 is 5.32 Å². The molecule has 5 nitrogen and oxygen atoms in total. The molecule has 0 spiro atoms. The number of nitrogens with one attached hydrogen (secondary N) is 1. The predicted molar refractivity (Wildman–Crippen MR) is 77.9 cm³/mol. The molecule has 1 aliphatic rings. The van der Waals surface area contributed by atoms with E-state index in [4.69, 9.17) is 4.42 Å². The molecule has 1 aliphatic carbocycles. The van der Waals surface area contributed by atoms with Crippen LogP contribution in [0.2, 0.25) is 0 Å². The van der Waals surface area contributed by atoms with Crippen LogP contribution in [0.25, 0.3) is 0 Å². The van der Waals surface area contributed by atoms with Crippen LogP contribution in [0.1, 0.15) is 31.3 Å². The Morgan fingerprint density at radius 2 is 2.20 bits per heavy atom. The number of nitrogens with zero attached hydrogens (tertiary/aromatic N) is 1. The number of furan rings is 1. The van der Waals surface area contributed by atoms with Crippen molar-refractivity contribution in [2.24, 2.45) is 0 Å². The number of hydrogen-bond acceptors (Lipinski definition) is 4. The van der Waals surface area contributed by atoms with E-state index in [9.17, 15) is 8.42 Å². The lowest BCUT2D eigenvalue weighted by Gasteiger charge is -2.16. The van der Waals surface area contributed by atoms with Gasteiger partial charge in [0.25, 0.3) is 0 Å². The van der Waals surface area contributed by atoms with Crippen molar-refractivity contribution < 1.29 is 12.8 Å². The molecule has 0 aromatic carbocycles. The molecule has 0 bridgehead atoms. The second-order valence-electron chi connectivity index (χ2n) is 5.51. The normalized spacial score (nSPS) is 15.8. The standard InChI is InChI=1S/C14H22N2O3S/c1-10(2)9-16(4)20(17,18)14-7-13(19-11(14)3)8-15-12-5-6-12/h7,12,15H,1,5-6,8-9H2,2-4H3. The Balaban J connectivity index is 2.15. The van der Waals surface area contributed by atoms with Gasteiger partial charge in [-0.25, -0.2) is 8.42 Å². The number of hydrogen-bond donors (Lipinski definition) is 1. The molecule has 1 aromatic heterocycles. The SMILES string of the molecule is C=C(C)CN(C)S(=O)(=O)c1cc(CNC2CC2)oc1C. The average Bonchev–Trinajstić information content (AvgIpc) is 3.08. The maximum atomic E-state index is 12.5. The molecule has 0 atom stereocenters. The Hall–Kier alpha value is -1.11. The van der Waals surface area contributed by atoms with Crippen molar-refractivity contribution in [2.75, 3.05) is 13.6 Å². The lowest BCUT2D eigenvalue weighted by Crippen LogP contribution is -2.28. The van der Waals surface area contributed by atoms with E-state index in [1.54, 1.807) is 27.0 Å². The monoisotopic (exact) mass is 298 g/mol. The summed E-state index contributed by atoms with van der Waals surface area (Å²) in [6.07, 6.45) is 2.37. The highest BCUT2D eigenvalue weighted by atomic mass is 32.2. The van der Waals surface area contributed by atoms with Gasteiger partial charge in [-0.1, -0.05) is 12.2 Å². The molecule has 0 saturated heterocycles. The fraction of sp³-hybridized carbons (Fsp3) is 0.571. The van der Waals surface area contributed by atoms with Gasteiger partial charge in [-0.05, 0) is 26.7 Å². The summed E-state index contributed by atoms with van der Waals surface area (Å²) in [5.41, 5.74) is 0.799. The van der Waals surface area contributed by atoms with Crippen molar-refractivity contribution in [2.45, 2.75) is 44.2 Å². The molecule has 0 amide bonds. The zero-order valence-corrected chi connectivity index (χ0v) is 13.1. The molecular formula is C14H22N2O3S. The number of sulfonamides is 1. The summed E-state index contributed by atoms with van der Waals surface area (Å²) in [4.78, 5) is 0.244. The van der Waals surface area contributed by atoms with Gasteiger partial charge in [0.2, 0.25) is 10.0 Å². The smallest absolute Gasteiger partial charge is 0.246 e. The zero-order valence-electron chi connectivity index (χ0n) is 12.3. The molecular weight excluding hydrogens is 276 g/mol. The molecule has 1 aromatic rings. The van der Waals surface area contributed by atoms with Crippen LogP contribution in [0, 0.1) is 6.92 Å². The summed E-state index contributed by atoms with van der Waals surface area (Å²) in [5, 5.41) is 3.31. The van der Waals surface area contributed by atoms with E-state index in [1.807, 2.05) is 0 Å². The first-order chi connectivity index (χ1) is 9.30. The highest BCUT2D eigenvalue weighted by Crippen LogP contribution is 2.25. The van der Waals surface area contributed by atoms with Gasteiger partial charge < -0.3 is 9.73 Å². The minimum absolute atomic E-state index is 0.244. The fourth-order valence-electron chi connectivity index (χ4n) is 2.03. The first-order valence-corrected chi connectivity index (χ1v) is 8.18. The van der Waals surface area contributed by atoms with Crippen molar-refractivity contribution in [1.82, 2.24) is 9.62 Å². The van der Waals surface area contributed by atoms with E-state index < -0.39 is 10.0 Å². The van der Waals surface area contributed by atoms with Crippen molar-refractivity contribution >= 4 is 10.0 Å². The molecule has 1 saturated carbocycles. The van der Waals surface area contributed by atoms with Crippen LogP contribution in [-0.2, 0) is 16.6 Å². The third-order valence-corrected chi connectivity index (χ3v) is 5.16. The van der Waals surface area contributed by atoms with Gasteiger partial charge in [-0.15, -0.1) is 0 Å². The Morgan fingerprint density at radius 1 is 1.55 bits per heavy atom. The van der Waals surface area contributed by atoms with Gasteiger partial charge in [-0.2, -0.15) is 4.31 Å². The molecule has 1 N–H and O–H groups in total. The quantitative estimate of drug-likeness (QED) is 0.782.